The van der Waals surface area contributed by atoms with Gasteiger partial charge in [0.1, 0.15) is 18.3 Å². The molecule has 4 rings (SSSR count). The molecule has 8 nitrogen and oxygen atoms in total. The minimum absolute atomic E-state index is 0.0281. The van der Waals surface area contributed by atoms with Gasteiger partial charge in [0.15, 0.2) is 0 Å². The molecule has 2 amide bonds. The Morgan fingerprint density at radius 1 is 1.02 bits per heavy atom. The van der Waals surface area contributed by atoms with Crippen LogP contribution in [0.15, 0.2) is 76.1 Å². The summed E-state index contributed by atoms with van der Waals surface area (Å²) in [7, 11) is -2.74. The lowest BCUT2D eigenvalue weighted by Gasteiger charge is -2.33. The van der Waals surface area contributed by atoms with E-state index in [-0.39, 0.29) is 34.1 Å². The number of anilines is 1. The van der Waals surface area contributed by atoms with Crippen LogP contribution in [0.1, 0.15) is 50.2 Å². The van der Waals surface area contributed by atoms with Gasteiger partial charge in [-0.25, -0.2) is 8.42 Å². The van der Waals surface area contributed by atoms with Crippen molar-refractivity contribution in [2.24, 2.45) is 0 Å². The molecule has 11 heteroatoms. The van der Waals surface area contributed by atoms with E-state index in [0.29, 0.717) is 5.75 Å². The van der Waals surface area contributed by atoms with Crippen LogP contribution >= 0.6 is 27.5 Å². The number of methoxy groups -OCH3 is 1. The smallest absolute Gasteiger partial charge is 0.264 e. The van der Waals surface area contributed by atoms with Gasteiger partial charge >= 0.3 is 0 Å². The number of rotatable bonds is 11. The average molecular weight is 691 g/mol. The van der Waals surface area contributed by atoms with Crippen LogP contribution in [-0.4, -0.2) is 50.9 Å². The Bertz CT molecular complexity index is 1530. The Balaban J connectivity index is 1.70. The monoisotopic (exact) mass is 689 g/mol. The summed E-state index contributed by atoms with van der Waals surface area (Å²) < 4.78 is 35.2. The maximum absolute atomic E-state index is 14.1. The third-order valence-electron chi connectivity index (χ3n) is 7.70. The second-order valence-electron chi connectivity index (χ2n) is 10.8. The number of nitrogens with one attached hydrogen (secondary N) is 1. The first-order chi connectivity index (χ1) is 20.5. The van der Waals surface area contributed by atoms with Gasteiger partial charge in [0.05, 0.1) is 22.7 Å². The number of nitrogens with zero attached hydrogens (tertiary/aromatic N) is 2. The molecule has 1 aliphatic carbocycles. The van der Waals surface area contributed by atoms with Crippen LogP contribution in [0, 0.1) is 6.92 Å². The third kappa shape index (κ3) is 8.31. The van der Waals surface area contributed by atoms with Gasteiger partial charge in [0.25, 0.3) is 10.0 Å². The third-order valence-corrected chi connectivity index (χ3v) is 10.3. The molecular weight excluding hydrogens is 654 g/mol. The molecule has 0 radical (unpaired) electrons. The fraction of sp³-hybridized carbons (Fsp3) is 0.375. The van der Waals surface area contributed by atoms with Crippen molar-refractivity contribution in [3.05, 3.63) is 87.4 Å². The second-order valence-corrected chi connectivity index (χ2v) is 14.0. The Kier molecular flexibility index (Phi) is 11.1. The molecule has 3 aromatic carbocycles. The quantitative estimate of drug-likeness (QED) is 0.249. The lowest BCUT2D eigenvalue weighted by Crippen LogP contribution is -2.53. The highest BCUT2D eigenvalue weighted by molar-refractivity contribution is 9.10. The predicted octanol–water partition coefficient (Wildman–Crippen LogP) is 6.48. The van der Waals surface area contributed by atoms with Gasteiger partial charge in [0, 0.05) is 17.1 Å². The van der Waals surface area contributed by atoms with E-state index in [0.717, 1.165) is 52.0 Å². The Morgan fingerprint density at radius 2 is 1.67 bits per heavy atom. The van der Waals surface area contributed by atoms with E-state index in [9.17, 15) is 18.0 Å². The van der Waals surface area contributed by atoms with Crippen LogP contribution < -0.4 is 14.4 Å². The van der Waals surface area contributed by atoms with Crippen molar-refractivity contribution in [3.63, 3.8) is 0 Å². The number of benzene rings is 3. The molecule has 0 heterocycles. The zero-order chi connectivity index (χ0) is 31.1. The molecule has 1 N–H and O–H groups in total. The van der Waals surface area contributed by atoms with Gasteiger partial charge in [-0.1, -0.05) is 76.6 Å². The lowest BCUT2D eigenvalue weighted by molar-refractivity contribution is -0.139. The molecular formula is C32H37BrClN3O5S. The highest BCUT2D eigenvalue weighted by Gasteiger charge is 2.33. The van der Waals surface area contributed by atoms with E-state index in [2.05, 4.69) is 21.2 Å². The number of hydrogen-bond donors (Lipinski definition) is 1. The van der Waals surface area contributed by atoms with Gasteiger partial charge in [-0.05, 0) is 74.7 Å². The molecule has 0 aromatic heterocycles. The van der Waals surface area contributed by atoms with E-state index in [4.69, 9.17) is 16.3 Å². The first-order valence-corrected chi connectivity index (χ1v) is 16.9. The maximum atomic E-state index is 14.1. The fourth-order valence-corrected chi connectivity index (χ4v) is 7.04. The van der Waals surface area contributed by atoms with Crippen LogP contribution in [0.5, 0.6) is 5.75 Å². The minimum atomic E-state index is -4.20. The number of carbonyl (C=O) groups excluding carboxylic acids is 2. The van der Waals surface area contributed by atoms with Gasteiger partial charge < -0.3 is 15.0 Å². The van der Waals surface area contributed by atoms with Crippen molar-refractivity contribution < 1.29 is 22.7 Å². The molecule has 3 aromatic rings. The first kappa shape index (κ1) is 32.8. The highest BCUT2D eigenvalue weighted by atomic mass is 79.9. The highest BCUT2D eigenvalue weighted by Crippen LogP contribution is 2.32. The molecule has 1 atom stereocenters. The van der Waals surface area contributed by atoms with Crippen molar-refractivity contribution in [1.82, 2.24) is 10.2 Å². The number of hydrogen-bond acceptors (Lipinski definition) is 5. The van der Waals surface area contributed by atoms with E-state index in [1.807, 2.05) is 31.2 Å². The summed E-state index contributed by atoms with van der Waals surface area (Å²) in [5.41, 5.74) is 1.89. The van der Waals surface area contributed by atoms with Gasteiger partial charge in [-0.15, -0.1) is 0 Å². The van der Waals surface area contributed by atoms with Crippen LogP contribution in [0.3, 0.4) is 0 Å². The van der Waals surface area contributed by atoms with Crippen molar-refractivity contribution in [2.75, 3.05) is 18.0 Å². The van der Waals surface area contributed by atoms with E-state index in [1.54, 1.807) is 31.2 Å². The van der Waals surface area contributed by atoms with Crippen molar-refractivity contribution in [1.29, 1.82) is 0 Å². The predicted molar refractivity (Wildman–Crippen MR) is 173 cm³/mol. The number of sulfonamides is 1. The average Bonchev–Trinajstić information content (AvgIpc) is 2.99. The lowest BCUT2D eigenvalue weighted by atomic mass is 9.95. The van der Waals surface area contributed by atoms with E-state index < -0.39 is 28.5 Å². The van der Waals surface area contributed by atoms with Gasteiger partial charge in [-0.2, -0.15) is 0 Å². The summed E-state index contributed by atoms with van der Waals surface area (Å²) in [6, 6.07) is 17.6. The Labute approximate surface area is 267 Å². The van der Waals surface area contributed by atoms with Crippen molar-refractivity contribution in [3.8, 4) is 5.75 Å². The molecule has 0 saturated heterocycles. The number of amides is 2. The SMILES string of the molecule is COc1ccc(N(CC(=O)N(Cc2ccc(Br)cc2)[C@H](C)C(=O)NC2CCCCC2)S(=O)(=O)c2ccc(C)cc2)cc1Cl. The van der Waals surface area contributed by atoms with Crippen molar-refractivity contribution in [2.45, 2.75) is 69.5 Å². The molecule has 0 bridgehead atoms. The maximum Gasteiger partial charge on any atom is 0.264 e. The molecule has 0 unspecified atom stereocenters. The summed E-state index contributed by atoms with van der Waals surface area (Å²) in [6.45, 7) is 3.11. The molecule has 0 spiro atoms. The van der Waals surface area contributed by atoms with Crippen LogP contribution in [-0.2, 0) is 26.2 Å². The molecule has 230 valence electrons. The first-order valence-electron chi connectivity index (χ1n) is 14.3. The number of halogens is 2. The molecule has 43 heavy (non-hydrogen) atoms. The molecule has 1 fully saturated rings. The van der Waals surface area contributed by atoms with Gasteiger partial charge in [0.2, 0.25) is 11.8 Å². The topological polar surface area (TPSA) is 96.0 Å². The summed E-state index contributed by atoms with van der Waals surface area (Å²) >= 11 is 9.83. The van der Waals surface area contributed by atoms with Crippen LogP contribution in [0.25, 0.3) is 0 Å². The van der Waals surface area contributed by atoms with Gasteiger partial charge in [-0.3, -0.25) is 13.9 Å². The number of ether oxygens (including phenoxy) is 1. The Hall–Kier alpha value is -3.08. The minimum Gasteiger partial charge on any atom is -0.495 e. The second kappa shape index (κ2) is 14.6. The van der Waals surface area contributed by atoms with Crippen LogP contribution in [0.2, 0.25) is 5.02 Å². The molecule has 1 saturated carbocycles. The standard InChI is InChI=1S/C32H37BrClN3O5S/c1-22-9-16-28(17-10-22)43(40,41)37(27-15-18-30(42-3)29(34)19-27)21-31(38)36(20-24-11-13-25(33)14-12-24)23(2)32(39)35-26-7-5-4-6-8-26/h9-19,23,26H,4-8,20-21H2,1-3H3,(H,35,39)/t23-/m1/s1. The van der Waals surface area contributed by atoms with E-state index >= 15 is 0 Å². The summed E-state index contributed by atoms with van der Waals surface area (Å²) in [4.78, 5) is 29.1. The van der Waals surface area contributed by atoms with Crippen molar-refractivity contribution >= 4 is 55.1 Å². The van der Waals surface area contributed by atoms with Crippen LogP contribution in [0.4, 0.5) is 5.69 Å². The largest absolute Gasteiger partial charge is 0.495 e. The summed E-state index contributed by atoms with van der Waals surface area (Å²) in [6.07, 6.45) is 5.06. The summed E-state index contributed by atoms with van der Waals surface area (Å²) in [5, 5.41) is 3.31. The molecule has 0 aliphatic heterocycles. The van der Waals surface area contributed by atoms with E-state index in [1.165, 1.54) is 30.2 Å². The fourth-order valence-electron chi connectivity index (χ4n) is 5.11. The normalized spacial score (nSPS) is 14.5. The summed E-state index contributed by atoms with van der Waals surface area (Å²) in [5.74, 6) is -0.427. The zero-order valence-corrected chi connectivity index (χ0v) is 27.7. The molecule has 1 aliphatic rings. The number of carbonyl (C=O) groups is 2. The zero-order valence-electron chi connectivity index (χ0n) is 24.6. The number of aryl methyl sites for hydroxylation is 1. The Morgan fingerprint density at radius 3 is 2.28 bits per heavy atom.